The summed E-state index contributed by atoms with van der Waals surface area (Å²) < 4.78 is 6.10. The highest BCUT2D eigenvalue weighted by atomic mass is 16.5. The van der Waals surface area contributed by atoms with Crippen LogP contribution in [-0.2, 0) is 4.74 Å². The van der Waals surface area contributed by atoms with Crippen molar-refractivity contribution in [3.05, 3.63) is 0 Å². The summed E-state index contributed by atoms with van der Waals surface area (Å²) in [5, 5.41) is 10.9. The van der Waals surface area contributed by atoms with E-state index >= 15 is 0 Å². The maximum absolute atomic E-state index is 10.9. The fraction of sp³-hybridized carbons (Fsp3) is 1.00. The van der Waals surface area contributed by atoms with Crippen LogP contribution in [0.4, 0.5) is 0 Å². The van der Waals surface area contributed by atoms with Gasteiger partial charge in [-0.1, -0.05) is 0 Å². The zero-order chi connectivity index (χ0) is 12.9. The van der Waals surface area contributed by atoms with Crippen molar-refractivity contribution in [2.24, 2.45) is 11.7 Å². The van der Waals surface area contributed by atoms with Gasteiger partial charge >= 0.3 is 0 Å². The second-order valence-corrected chi connectivity index (χ2v) is 7.16. The van der Waals surface area contributed by atoms with Gasteiger partial charge in [0.25, 0.3) is 0 Å². The van der Waals surface area contributed by atoms with Crippen molar-refractivity contribution in [2.45, 2.75) is 82.6 Å². The van der Waals surface area contributed by atoms with Gasteiger partial charge in [0, 0.05) is 12.0 Å². The van der Waals surface area contributed by atoms with Gasteiger partial charge in [0.05, 0.1) is 16.8 Å². The first-order valence-corrected chi connectivity index (χ1v) is 6.83. The zero-order valence-electron chi connectivity index (χ0n) is 11.6. The minimum atomic E-state index is -0.576. The molecule has 1 heterocycles. The van der Waals surface area contributed by atoms with Gasteiger partial charge in [-0.3, -0.25) is 0 Å². The summed E-state index contributed by atoms with van der Waals surface area (Å²) >= 11 is 0. The minimum Gasteiger partial charge on any atom is -0.389 e. The molecule has 2 fully saturated rings. The molecule has 1 aliphatic carbocycles. The van der Waals surface area contributed by atoms with Gasteiger partial charge in [0.2, 0.25) is 0 Å². The molecule has 1 saturated heterocycles. The van der Waals surface area contributed by atoms with Gasteiger partial charge < -0.3 is 15.6 Å². The van der Waals surface area contributed by atoms with Gasteiger partial charge in [-0.05, 0) is 59.8 Å². The zero-order valence-corrected chi connectivity index (χ0v) is 11.6. The van der Waals surface area contributed by atoms with Crippen molar-refractivity contribution in [2.75, 3.05) is 0 Å². The Kier molecular flexibility index (Phi) is 3.08. The van der Waals surface area contributed by atoms with Gasteiger partial charge in [0.15, 0.2) is 0 Å². The second-order valence-electron chi connectivity index (χ2n) is 7.16. The molecule has 0 bridgehead atoms. The Morgan fingerprint density at radius 3 is 2.06 bits per heavy atom. The van der Waals surface area contributed by atoms with Crippen molar-refractivity contribution in [3.63, 3.8) is 0 Å². The Labute approximate surface area is 105 Å². The molecule has 100 valence electrons. The van der Waals surface area contributed by atoms with Crippen molar-refractivity contribution in [1.82, 2.24) is 0 Å². The van der Waals surface area contributed by atoms with Crippen LogP contribution in [-0.4, -0.2) is 28.0 Å². The van der Waals surface area contributed by atoms with E-state index in [1.54, 1.807) is 0 Å². The van der Waals surface area contributed by atoms with Crippen LogP contribution < -0.4 is 5.73 Å². The minimum absolute atomic E-state index is 0.122. The monoisotopic (exact) mass is 241 g/mol. The summed E-state index contributed by atoms with van der Waals surface area (Å²) in [6, 6.07) is 0.272. The topological polar surface area (TPSA) is 55.5 Å². The number of rotatable bonds is 1. The third-order valence-electron chi connectivity index (χ3n) is 4.62. The maximum atomic E-state index is 10.9. The quantitative estimate of drug-likeness (QED) is 0.740. The van der Waals surface area contributed by atoms with E-state index in [0.29, 0.717) is 0 Å². The molecule has 0 aromatic carbocycles. The fourth-order valence-electron chi connectivity index (χ4n) is 3.89. The summed E-state index contributed by atoms with van der Waals surface area (Å²) in [4.78, 5) is 0. The summed E-state index contributed by atoms with van der Waals surface area (Å²) in [6.45, 7) is 8.46. The number of nitrogens with two attached hydrogens (primary N) is 1. The Balaban J connectivity index is 2.16. The lowest BCUT2D eigenvalue weighted by atomic mass is 9.67. The van der Waals surface area contributed by atoms with Crippen LogP contribution in [0.25, 0.3) is 0 Å². The molecule has 0 aromatic heterocycles. The molecule has 3 N–H and O–H groups in total. The molecule has 0 radical (unpaired) electrons. The molecule has 1 aliphatic heterocycles. The predicted molar refractivity (Wildman–Crippen MR) is 68.7 cm³/mol. The van der Waals surface area contributed by atoms with Crippen LogP contribution >= 0.6 is 0 Å². The fourth-order valence-corrected chi connectivity index (χ4v) is 3.89. The summed E-state index contributed by atoms with van der Waals surface area (Å²) in [5.41, 5.74) is 5.00. The van der Waals surface area contributed by atoms with Crippen LogP contribution in [0, 0.1) is 5.92 Å². The summed E-state index contributed by atoms with van der Waals surface area (Å²) in [5.74, 6) is 0.220. The normalized spacial score (nSPS) is 44.8. The molecule has 1 atom stereocenters. The van der Waals surface area contributed by atoms with E-state index in [9.17, 15) is 5.11 Å². The van der Waals surface area contributed by atoms with Crippen LogP contribution in [0.3, 0.4) is 0 Å². The number of hydrogen-bond donors (Lipinski definition) is 2. The van der Waals surface area contributed by atoms with Crippen molar-refractivity contribution in [1.29, 1.82) is 0 Å². The molecule has 2 rings (SSSR count). The van der Waals surface area contributed by atoms with E-state index in [4.69, 9.17) is 10.5 Å². The van der Waals surface area contributed by atoms with Crippen molar-refractivity contribution in [3.8, 4) is 0 Å². The van der Waals surface area contributed by atoms with Crippen LogP contribution in [0.1, 0.15) is 59.8 Å². The molecule has 17 heavy (non-hydrogen) atoms. The van der Waals surface area contributed by atoms with Gasteiger partial charge in [-0.15, -0.1) is 0 Å². The molecule has 2 aliphatic rings. The van der Waals surface area contributed by atoms with Crippen molar-refractivity contribution < 1.29 is 9.84 Å². The number of ether oxygens (including phenoxy) is 1. The standard InChI is InChI=1S/C14H27NO2/c1-12(2)9-11(13(3,4)17-12)14(16)7-5-10(15)6-8-14/h10-11,16H,5-9,15H2,1-4H3. The Bertz CT molecular complexity index is 291. The van der Waals surface area contributed by atoms with Crippen LogP contribution in [0.2, 0.25) is 0 Å². The lowest BCUT2D eigenvalue weighted by molar-refractivity contribution is -0.124. The highest BCUT2D eigenvalue weighted by molar-refractivity contribution is 5.05. The molecule has 1 unspecified atom stereocenters. The summed E-state index contributed by atoms with van der Waals surface area (Å²) in [6.07, 6.45) is 4.45. The molecular weight excluding hydrogens is 214 g/mol. The third-order valence-corrected chi connectivity index (χ3v) is 4.62. The van der Waals surface area contributed by atoms with Gasteiger partial charge in [-0.2, -0.15) is 0 Å². The first kappa shape index (κ1) is 13.3. The largest absolute Gasteiger partial charge is 0.389 e. The molecule has 0 spiro atoms. The molecule has 3 heteroatoms. The van der Waals surface area contributed by atoms with E-state index < -0.39 is 5.60 Å². The van der Waals surface area contributed by atoms with E-state index in [2.05, 4.69) is 27.7 Å². The Hall–Kier alpha value is -0.120. The number of aliphatic hydroxyl groups is 1. The smallest absolute Gasteiger partial charge is 0.0705 e. The predicted octanol–water partition coefficient (Wildman–Crippen LogP) is 2.21. The first-order valence-electron chi connectivity index (χ1n) is 6.83. The van der Waals surface area contributed by atoms with Crippen LogP contribution in [0.5, 0.6) is 0 Å². The second kappa shape index (κ2) is 3.94. The average Bonchev–Trinajstić information content (AvgIpc) is 2.40. The SMILES string of the molecule is CC1(C)CC(C2(O)CCC(N)CC2)C(C)(C)O1. The van der Waals surface area contributed by atoms with Gasteiger partial charge in [0.1, 0.15) is 0 Å². The van der Waals surface area contributed by atoms with E-state index in [0.717, 1.165) is 32.1 Å². The molecule has 1 saturated carbocycles. The van der Waals surface area contributed by atoms with Crippen LogP contribution in [0.15, 0.2) is 0 Å². The lowest BCUT2D eigenvalue weighted by Gasteiger charge is -2.43. The van der Waals surface area contributed by atoms with E-state index in [1.165, 1.54) is 0 Å². The average molecular weight is 241 g/mol. The Morgan fingerprint density at radius 2 is 1.65 bits per heavy atom. The van der Waals surface area contributed by atoms with Crippen molar-refractivity contribution >= 4 is 0 Å². The third kappa shape index (κ3) is 2.51. The molecule has 0 aromatic rings. The number of hydrogen-bond acceptors (Lipinski definition) is 3. The molecule has 3 nitrogen and oxygen atoms in total. The highest BCUT2D eigenvalue weighted by Crippen LogP contribution is 2.50. The molecule has 0 amide bonds. The van der Waals surface area contributed by atoms with Gasteiger partial charge in [-0.25, -0.2) is 0 Å². The van der Waals surface area contributed by atoms with E-state index in [-0.39, 0.29) is 23.2 Å². The highest BCUT2D eigenvalue weighted by Gasteiger charge is 2.55. The first-order chi connectivity index (χ1) is 7.65. The lowest BCUT2D eigenvalue weighted by Crippen LogP contribution is -2.50. The Morgan fingerprint density at radius 1 is 1.12 bits per heavy atom. The summed E-state index contributed by atoms with van der Waals surface area (Å²) in [7, 11) is 0. The van der Waals surface area contributed by atoms with E-state index in [1.807, 2.05) is 0 Å². The maximum Gasteiger partial charge on any atom is 0.0705 e. The molecular formula is C14H27NO2.